The first-order chi connectivity index (χ1) is 7.72. The zero-order valence-electron chi connectivity index (χ0n) is 11.1. The van der Waals surface area contributed by atoms with Crippen LogP contribution in [0.25, 0.3) is 0 Å². The third kappa shape index (κ3) is 7.81. The van der Waals surface area contributed by atoms with Crippen molar-refractivity contribution in [3.63, 3.8) is 0 Å². The Hall–Kier alpha value is -0.0400. The van der Waals surface area contributed by atoms with Gasteiger partial charge in [0.15, 0.2) is 5.96 Å². The Morgan fingerprint density at radius 3 is 2.65 bits per heavy atom. The molecule has 0 radical (unpaired) electrons. The summed E-state index contributed by atoms with van der Waals surface area (Å²) in [5, 5.41) is 3.19. The first-order valence-corrected chi connectivity index (χ1v) is 6.44. The molecule has 1 heterocycles. The second kappa shape index (κ2) is 9.94. The standard InChI is InChI=1S/C12H26N4.HI/c1-3-7-14-12(13)15-8-4-11-5-9-16(2)10-6-11;/h11H,3-10H2,1-2H3,(H3,13,14,15);1H. The highest BCUT2D eigenvalue weighted by Gasteiger charge is 2.15. The molecule has 0 aromatic rings. The van der Waals surface area contributed by atoms with Crippen LogP contribution in [0.3, 0.4) is 0 Å². The van der Waals surface area contributed by atoms with Gasteiger partial charge in [-0.2, -0.15) is 0 Å². The van der Waals surface area contributed by atoms with Crippen LogP contribution in [0.2, 0.25) is 0 Å². The number of hydrogen-bond acceptors (Lipinski definition) is 2. The summed E-state index contributed by atoms with van der Waals surface area (Å²) < 4.78 is 0. The van der Waals surface area contributed by atoms with Crippen LogP contribution < -0.4 is 11.1 Å². The third-order valence-electron chi connectivity index (χ3n) is 3.20. The molecule has 3 N–H and O–H groups in total. The second-order valence-corrected chi connectivity index (χ2v) is 4.73. The van der Waals surface area contributed by atoms with Crippen molar-refractivity contribution in [3.8, 4) is 0 Å². The number of piperidine rings is 1. The van der Waals surface area contributed by atoms with Gasteiger partial charge in [0.2, 0.25) is 0 Å². The van der Waals surface area contributed by atoms with Crippen molar-refractivity contribution < 1.29 is 0 Å². The number of halogens is 1. The molecule has 0 aromatic carbocycles. The molecule has 1 aliphatic rings. The fourth-order valence-corrected chi connectivity index (χ4v) is 2.04. The van der Waals surface area contributed by atoms with E-state index in [2.05, 4.69) is 29.2 Å². The van der Waals surface area contributed by atoms with E-state index in [0.29, 0.717) is 5.96 Å². The van der Waals surface area contributed by atoms with Crippen molar-refractivity contribution in [2.45, 2.75) is 32.6 Å². The maximum atomic E-state index is 5.73. The van der Waals surface area contributed by atoms with E-state index >= 15 is 0 Å². The van der Waals surface area contributed by atoms with Gasteiger partial charge in [0.1, 0.15) is 0 Å². The average molecular weight is 354 g/mol. The SMILES string of the molecule is CCCN=C(N)NCCC1CCN(C)CC1.I. The summed E-state index contributed by atoms with van der Waals surface area (Å²) in [4.78, 5) is 6.62. The molecule has 1 rings (SSSR count). The van der Waals surface area contributed by atoms with Gasteiger partial charge in [-0.3, -0.25) is 4.99 Å². The molecule has 1 aliphatic heterocycles. The normalized spacial score (nSPS) is 18.8. The molecule has 0 aromatic heterocycles. The lowest BCUT2D eigenvalue weighted by Gasteiger charge is -2.28. The Bertz CT molecular complexity index is 213. The van der Waals surface area contributed by atoms with Crippen molar-refractivity contribution in [1.29, 1.82) is 0 Å². The zero-order chi connectivity index (χ0) is 11.8. The first kappa shape index (κ1) is 17.0. The molecule has 17 heavy (non-hydrogen) atoms. The van der Waals surface area contributed by atoms with E-state index in [1.165, 1.54) is 32.4 Å². The largest absolute Gasteiger partial charge is 0.370 e. The Kier molecular flexibility index (Phi) is 9.91. The summed E-state index contributed by atoms with van der Waals surface area (Å²) >= 11 is 0. The number of guanidine groups is 1. The minimum Gasteiger partial charge on any atom is -0.370 e. The van der Waals surface area contributed by atoms with E-state index in [9.17, 15) is 0 Å². The Labute approximate surface area is 122 Å². The van der Waals surface area contributed by atoms with E-state index in [0.717, 1.165) is 25.4 Å². The quantitative estimate of drug-likeness (QED) is 0.449. The van der Waals surface area contributed by atoms with E-state index in [1.54, 1.807) is 0 Å². The smallest absolute Gasteiger partial charge is 0.188 e. The first-order valence-electron chi connectivity index (χ1n) is 6.44. The molecule has 0 atom stereocenters. The van der Waals surface area contributed by atoms with Crippen molar-refractivity contribution in [2.75, 3.05) is 33.2 Å². The molecule has 4 nitrogen and oxygen atoms in total. The lowest BCUT2D eigenvalue weighted by Crippen LogP contribution is -2.35. The summed E-state index contributed by atoms with van der Waals surface area (Å²) in [5.74, 6) is 1.47. The van der Waals surface area contributed by atoms with Crippen molar-refractivity contribution in [2.24, 2.45) is 16.6 Å². The molecule has 0 unspecified atom stereocenters. The molecule has 0 spiro atoms. The molecule has 1 saturated heterocycles. The van der Waals surface area contributed by atoms with Gasteiger partial charge in [0.25, 0.3) is 0 Å². The minimum atomic E-state index is 0. The lowest BCUT2D eigenvalue weighted by atomic mass is 9.94. The molecule has 0 saturated carbocycles. The van der Waals surface area contributed by atoms with Gasteiger partial charge < -0.3 is 16.0 Å². The van der Waals surface area contributed by atoms with Gasteiger partial charge in [-0.25, -0.2) is 0 Å². The van der Waals surface area contributed by atoms with Crippen LogP contribution >= 0.6 is 24.0 Å². The second-order valence-electron chi connectivity index (χ2n) is 4.73. The highest BCUT2D eigenvalue weighted by atomic mass is 127. The maximum Gasteiger partial charge on any atom is 0.188 e. The third-order valence-corrected chi connectivity index (χ3v) is 3.20. The highest BCUT2D eigenvalue weighted by Crippen LogP contribution is 2.18. The zero-order valence-corrected chi connectivity index (χ0v) is 13.4. The predicted octanol–water partition coefficient (Wildman–Crippen LogP) is 1.65. The number of aliphatic imine (C=N–C) groups is 1. The number of nitrogens with two attached hydrogens (primary N) is 1. The van der Waals surface area contributed by atoms with Crippen LogP contribution in [0.15, 0.2) is 4.99 Å². The van der Waals surface area contributed by atoms with E-state index in [4.69, 9.17) is 5.73 Å². The van der Waals surface area contributed by atoms with Crippen LogP contribution in [-0.4, -0.2) is 44.1 Å². The van der Waals surface area contributed by atoms with Gasteiger partial charge in [-0.05, 0) is 51.7 Å². The number of nitrogens with zero attached hydrogens (tertiary/aromatic N) is 2. The monoisotopic (exact) mass is 354 g/mol. The summed E-state index contributed by atoms with van der Waals surface area (Å²) in [5.41, 5.74) is 5.73. The Balaban J connectivity index is 0.00000256. The van der Waals surface area contributed by atoms with Gasteiger partial charge in [0.05, 0.1) is 0 Å². The van der Waals surface area contributed by atoms with E-state index < -0.39 is 0 Å². The summed E-state index contributed by atoms with van der Waals surface area (Å²) in [6.07, 6.45) is 4.92. The average Bonchev–Trinajstić information content (AvgIpc) is 2.29. The van der Waals surface area contributed by atoms with Crippen molar-refractivity contribution >= 4 is 29.9 Å². The lowest BCUT2D eigenvalue weighted by molar-refractivity contribution is 0.213. The van der Waals surface area contributed by atoms with E-state index in [-0.39, 0.29) is 24.0 Å². The summed E-state index contributed by atoms with van der Waals surface area (Å²) in [7, 11) is 2.20. The number of rotatable bonds is 5. The van der Waals surface area contributed by atoms with Gasteiger partial charge >= 0.3 is 0 Å². The molecule has 1 fully saturated rings. The van der Waals surface area contributed by atoms with Gasteiger partial charge in [0, 0.05) is 13.1 Å². The predicted molar refractivity (Wildman–Crippen MR) is 85.0 cm³/mol. The van der Waals surface area contributed by atoms with Crippen LogP contribution in [0.5, 0.6) is 0 Å². The van der Waals surface area contributed by atoms with E-state index in [1.807, 2.05) is 0 Å². The van der Waals surface area contributed by atoms with Crippen LogP contribution in [0.1, 0.15) is 32.6 Å². The van der Waals surface area contributed by atoms with Crippen molar-refractivity contribution in [1.82, 2.24) is 10.2 Å². The maximum absolute atomic E-state index is 5.73. The molecule has 0 amide bonds. The number of likely N-dealkylation sites (tertiary alicyclic amines) is 1. The molecule has 0 bridgehead atoms. The van der Waals surface area contributed by atoms with Gasteiger partial charge in [-0.15, -0.1) is 24.0 Å². The highest BCUT2D eigenvalue weighted by molar-refractivity contribution is 14.0. The molecule has 102 valence electrons. The van der Waals surface area contributed by atoms with Crippen molar-refractivity contribution in [3.05, 3.63) is 0 Å². The van der Waals surface area contributed by atoms with Crippen LogP contribution in [0, 0.1) is 5.92 Å². The Morgan fingerprint density at radius 1 is 1.41 bits per heavy atom. The molecule has 0 aliphatic carbocycles. The molecular weight excluding hydrogens is 327 g/mol. The fourth-order valence-electron chi connectivity index (χ4n) is 2.04. The molecular formula is C12H27IN4. The Morgan fingerprint density at radius 2 is 2.06 bits per heavy atom. The minimum absolute atomic E-state index is 0. The van der Waals surface area contributed by atoms with Gasteiger partial charge in [-0.1, -0.05) is 6.92 Å². The molecule has 5 heteroatoms. The summed E-state index contributed by atoms with van der Waals surface area (Å²) in [6.45, 7) is 6.38. The van der Waals surface area contributed by atoms with Crippen LogP contribution in [-0.2, 0) is 0 Å². The number of nitrogens with one attached hydrogen (secondary N) is 1. The van der Waals surface area contributed by atoms with Crippen LogP contribution in [0.4, 0.5) is 0 Å². The summed E-state index contributed by atoms with van der Waals surface area (Å²) in [6, 6.07) is 0. The fraction of sp³-hybridized carbons (Fsp3) is 0.917. The topological polar surface area (TPSA) is 53.6 Å². The number of hydrogen-bond donors (Lipinski definition) is 2.